The average Bonchev–Trinajstić information content (AvgIpc) is 2.70. The molecule has 1 aliphatic heterocycles. The number of carboxylic acids is 1. The predicted molar refractivity (Wildman–Crippen MR) is 71.7 cm³/mol. The van der Waals surface area contributed by atoms with Crippen LogP contribution in [-0.4, -0.2) is 36.2 Å². The highest BCUT2D eigenvalue weighted by Gasteiger charge is 2.30. The van der Waals surface area contributed by atoms with E-state index >= 15 is 0 Å². The van der Waals surface area contributed by atoms with Crippen molar-refractivity contribution in [2.45, 2.75) is 46.1 Å². The fourth-order valence-electron chi connectivity index (χ4n) is 2.60. The molecule has 0 aromatic carbocycles. The maximum absolute atomic E-state index is 12.0. The first-order valence-electron chi connectivity index (χ1n) is 7.01. The second-order valence-corrected chi connectivity index (χ2v) is 5.81. The monoisotopic (exact) mass is 271 g/mol. The molecule has 0 saturated carbocycles. The fraction of sp³-hybridized carbons (Fsp3) is 0.857. The van der Waals surface area contributed by atoms with Crippen molar-refractivity contribution in [1.29, 1.82) is 0 Å². The molecule has 1 amide bonds. The van der Waals surface area contributed by atoms with E-state index in [0.717, 1.165) is 12.8 Å². The summed E-state index contributed by atoms with van der Waals surface area (Å²) in [5.41, 5.74) is 0. The maximum atomic E-state index is 12.0. The number of rotatable bonds is 7. The largest absolute Gasteiger partial charge is 0.481 e. The predicted octanol–water partition coefficient (Wildman–Crippen LogP) is 1.66. The van der Waals surface area contributed by atoms with Gasteiger partial charge < -0.3 is 15.2 Å². The third kappa shape index (κ3) is 5.59. The Balaban J connectivity index is 2.41. The molecular formula is C14H25NO4. The summed E-state index contributed by atoms with van der Waals surface area (Å²) in [5.74, 6) is -0.486. The zero-order chi connectivity index (χ0) is 14.4. The normalized spacial score (nSPS) is 24.4. The van der Waals surface area contributed by atoms with Crippen LogP contribution in [0.5, 0.6) is 0 Å². The maximum Gasteiger partial charge on any atom is 0.303 e. The van der Waals surface area contributed by atoms with Gasteiger partial charge in [-0.2, -0.15) is 0 Å². The van der Waals surface area contributed by atoms with E-state index in [9.17, 15) is 9.59 Å². The minimum Gasteiger partial charge on any atom is -0.481 e. The summed E-state index contributed by atoms with van der Waals surface area (Å²) in [4.78, 5) is 22.8. The Bertz CT molecular complexity index is 317. The van der Waals surface area contributed by atoms with Crippen molar-refractivity contribution >= 4 is 11.9 Å². The van der Waals surface area contributed by atoms with Crippen LogP contribution in [0.2, 0.25) is 0 Å². The highest BCUT2D eigenvalue weighted by atomic mass is 16.5. The quantitative estimate of drug-likeness (QED) is 0.738. The van der Waals surface area contributed by atoms with E-state index in [0.29, 0.717) is 19.1 Å². The van der Waals surface area contributed by atoms with Crippen molar-refractivity contribution in [3.8, 4) is 0 Å². The first-order chi connectivity index (χ1) is 8.90. The number of hydrogen-bond donors (Lipinski definition) is 2. The van der Waals surface area contributed by atoms with Gasteiger partial charge in [-0.15, -0.1) is 0 Å². The number of hydrogen-bond acceptors (Lipinski definition) is 3. The van der Waals surface area contributed by atoms with Gasteiger partial charge in [-0.3, -0.25) is 9.59 Å². The standard InChI is InChI=1S/C14H25NO4/c1-9(2)6-11(7-13(16)17)8-15-14(18)12-4-5-19-10(12)3/h9-12H,4-8H2,1-3H3,(H,15,18)(H,16,17)/t10?,11-,12?/m0/s1. The van der Waals surface area contributed by atoms with Gasteiger partial charge in [0.1, 0.15) is 0 Å². The van der Waals surface area contributed by atoms with E-state index < -0.39 is 5.97 Å². The van der Waals surface area contributed by atoms with Crippen molar-refractivity contribution in [1.82, 2.24) is 5.32 Å². The van der Waals surface area contributed by atoms with Crippen LogP contribution in [-0.2, 0) is 14.3 Å². The van der Waals surface area contributed by atoms with E-state index in [2.05, 4.69) is 19.2 Å². The molecule has 0 aromatic rings. The summed E-state index contributed by atoms with van der Waals surface area (Å²) in [6.45, 7) is 7.09. The van der Waals surface area contributed by atoms with Gasteiger partial charge in [0.15, 0.2) is 0 Å². The molecule has 0 aliphatic carbocycles. The third-order valence-corrected chi connectivity index (χ3v) is 3.55. The second-order valence-electron chi connectivity index (χ2n) is 5.81. The molecule has 0 aromatic heterocycles. The molecular weight excluding hydrogens is 246 g/mol. The van der Waals surface area contributed by atoms with Gasteiger partial charge >= 0.3 is 5.97 Å². The van der Waals surface area contributed by atoms with Crippen LogP contribution >= 0.6 is 0 Å². The number of amides is 1. The topological polar surface area (TPSA) is 75.6 Å². The van der Waals surface area contributed by atoms with Crippen molar-refractivity contribution < 1.29 is 19.4 Å². The summed E-state index contributed by atoms with van der Waals surface area (Å²) < 4.78 is 5.37. The van der Waals surface area contributed by atoms with Crippen LogP contribution in [0.15, 0.2) is 0 Å². The van der Waals surface area contributed by atoms with Crippen LogP contribution in [0.1, 0.15) is 40.0 Å². The van der Waals surface area contributed by atoms with E-state index in [4.69, 9.17) is 9.84 Å². The van der Waals surface area contributed by atoms with Crippen molar-refractivity contribution in [2.24, 2.45) is 17.8 Å². The van der Waals surface area contributed by atoms with Crippen molar-refractivity contribution in [3.63, 3.8) is 0 Å². The number of aliphatic carboxylic acids is 1. The van der Waals surface area contributed by atoms with Gasteiger partial charge in [0.2, 0.25) is 5.91 Å². The van der Waals surface area contributed by atoms with Crippen LogP contribution in [0.25, 0.3) is 0 Å². The summed E-state index contributed by atoms with van der Waals surface area (Å²) >= 11 is 0. The first-order valence-corrected chi connectivity index (χ1v) is 7.01. The van der Waals surface area contributed by atoms with E-state index in [1.807, 2.05) is 6.92 Å². The van der Waals surface area contributed by atoms with Gasteiger partial charge in [-0.1, -0.05) is 13.8 Å². The highest BCUT2D eigenvalue weighted by Crippen LogP contribution is 2.21. The molecule has 2 unspecified atom stereocenters. The summed E-state index contributed by atoms with van der Waals surface area (Å²) in [6, 6.07) is 0. The van der Waals surface area contributed by atoms with Crippen LogP contribution in [0, 0.1) is 17.8 Å². The van der Waals surface area contributed by atoms with Gasteiger partial charge in [0.25, 0.3) is 0 Å². The van der Waals surface area contributed by atoms with Crippen molar-refractivity contribution in [3.05, 3.63) is 0 Å². The van der Waals surface area contributed by atoms with Crippen molar-refractivity contribution in [2.75, 3.05) is 13.2 Å². The zero-order valence-electron chi connectivity index (χ0n) is 12.0. The molecule has 0 bridgehead atoms. The lowest BCUT2D eigenvalue weighted by Gasteiger charge is -2.20. The number of carbonyl (C=O) groups is 2. The molecule has 1 saturated heterocycles. The lowest BCUT2D eigenvalue weighted by atomic mass is 9.93. The molecule has 0 radical (unpaired) electrons. The SMILES string of the molecule is CC(C)C[C@H](CNC(=O)C1CCOC1C)CC(=O)O. The number of carboxylic acid groups (broad SMARTS) is 1. The average molecular weight is 271 g/mol. The molecule has 2 N–H and O–H groups in total. The van der Waals surface area contributed by atoms with Gasteiger partial charge in [-0.05, 0) is 31.6 Å². The number of nitrogens with one attached hydrogen (secondary N) is 1. The minimum atomic E-state index is -0.808. The van der Waals surface area contributed by atoms with E-state index in [1.165, 1.54) is 0 Å². The zero-order valence-corrected chi connectivity index (χ0v) is 12.0. The number of ether oxygens (including phenoxy) is 1. The molecule has 3 atom stereocenters. The highest BCUT2D eigenvalue weighted by molar-refractivity contribution is 5.79. The molecule has 5 heteroatoms. The molecule has 110 valence electrons. The Morgan fingerprint density at radius 2 is 2.11 bits per heavy atom. The van der Waals surface area contributed by atoms with E-state index in [1.54, 1.807) is 0 Å². The van der Waals surface area contributed by atoms with Crippen LogP contribution in [0.4, 0.5) is 0 Å². The first kappa shape index (κ1) is 16.0. The van der Waals surface area contributed by atoms with Crippen LogP contribution < -0.4 is 5.32 Å². The summed E-state index contributed by atoms with van der Waals surface area (Å²) in [6.07, 6.45) is 1.63. The molecule has 1 fully saturated rings. The Hall–Kier alpha value is -1.10. The fourth-order valence-corrected chi connectivity index (χ4v) is 2.60. The Morgan fingerprint density at radius 1 is 1.42 bits per heavy atom. The lowest BCUT2D eigenvalue weighted by Crippen LogP contribution is -2.37. The lowest BCUT2D eigenvalue weighted by molar-refractivity contribution is -0.138. The second kappa shape index (κ2) is 7.48. The third-order valence-electron chi connectivity index (χ3n) is 3.55. The summed E-state index contributed by atoms with van der Waals surface area (Å²) in [7, 11) is 0. The van der Waals surface area contributed by atoms with E-state index in [-0.39, 0.29) is 30.3 Å². The Kier molecular flexibility index (Phi) is 6.28. The van der Waals surface area contributed by atoms with Gasteiger partial charge in [-0.25, -0.2) is 0 Å². The molecule has 19 heavy (non-hydrogen) atoms. The van der Waals surface area contributed by atoms with Gasteiger partial charge in [0.05, 0.1) is 12.0 Å². The Morgan fingerprint density at radius 3 is 2.58 bits per heavy atom. The molecule has 1 aliphatic rings. The minimum absolute atomic E-state index is 0.000854. The summed E-state index contributed by atoms with van der Waals surface area (Å²) in [5, 5.41) is 11.8. The molecule has 0 spiro atoms. The van der Waals surface area contributed by atoms with Crippen LogP contribution in [0.3, 0.4) is 0 Å². The molecule has 5 nitrogen and oxygen atoms in total. The number of carbonyl (C=O) groups excluding carboxylic acids is 1. The Labute approximate surface area is 114 Å². The smallest absolute Gasteiger partial charge is 0.303 e. The molecule has 1 rings (SSSR count). The molecule has 1 heterocycles. The van der Waals surface area contributed by atoms with Gasteiger partial charge in [0, 0.05) is 19.6 Å².